The van der Waals surface area contributed by atoms with Gasteiger partial charge in [0.05, 0.1) is 18.9 Å². The van der Waals surface area contributed by atoms with Crippen LogP contribution in [-0.2, 0) is 14.3 Å². The minimum atomic E-state index is 0.0156. The molecule has 2 aliphatic heterocycles. The standard InChI is InChI=1S/C19H25N3O3/c1-3-21(15(2)23)16-6-8-17(9-7-16)22-10-4-5-18(19(22)24)20-11-13-25-14-12-20/h5-9H,3-4,10-14H2,1-2H3. The predicted molar refractivity (Wildman–Crippen MR) is 97.6 cm³/mol. The van der Waals surface area contributed by atoms with Gasteiger partial charge < -0.3 is 19.4 Å². The van der Waals surface area contributed by atoms with Crippen molar-refractivity contribution in [3.8, 4) is 0 Å². The number of carbonyl (C=O) groups excluding carboxylic acids is 2. The van der Waals surface area contributed by atoms with E-state index in [4.69, 9.17) is 4.74 Å². The molecular formula is C19H25N3O3. The molecule has 0 bridgehead atoms. The number of hydrogen-bond acceptors (Lipinski definition) is 4. The predicted octanol–water partition coefficient (Wildman–Crippen LogP) is 2.01. The van der Waals surface area contributed by atoms with Gasteiger partial charge >= 0.3 is 0 Å². The third-order valence-electron chi connectivity index (χ3n) is 4.68. The maximum absolute atomic E-state index is 12.9. The molecule has 0 atom stereocenters. The van der Waals surface area contributed by atoms with Gasteiger partial charge in [-0.05, 0) is 37.6 Å². The van der Waals surface area contributed by atoms with E-state index >= 15 is 0 Å². The second kappa shape index (κ2) is 7.70. The SMILES string of the molecule is CCN(C(C)=O)c1ccc(N2CCC=C(N3CCOCC3)C2=O)cc1. The Morgan fingerprint density at radius 1 is 1.16 bits per heavy atom. The van der Waals surface area contributed by atoms with E-state index in [1.54, 1.807) is 11.8 Å². The Kier molecular flexibility index (Phi) is 5.38. The molecule has 0 spiro atoms. The summed E-state index contributed by atoms with van der Waals surface area (Å²) < 4.78 is 5.38. The lowest BCUT2D eigenvalue weighted by atomic mass is 10.1. The highest BCUT2D eigenvalue weighted by Crippen LogP contribution is 2.26. The number of hydrogen-bond donors (Lipinski definition) is 0. The van der Waals surface area contributed by atoms with E-state index in [9.17, 15) is 9.59 Å². The molecule has 0 saturated carbocycles. The zero-order valence-electron chi connectivity index (χ0n) is 14.9. The average Bonchev–Trinajstić information content (AvgIpc) is 2.64. The maximum atomic E-state index is 12.9. The van der Waals surface area contributed by atoms with Gasteiger partial charge in [-0.1, -0.05) is 6.08 Å². The van der Waals surface area contributed by atoms with Crippen LogP contribution < -0.4 is 9.80 Å². The number of nitrogens with zero attached hydrogens (tertiary/aromatic N) is 3. The molecule has 1 fully saturated rings. The molecule has 1 aromatic carbocycles. The Morgan fingerprint density at radius 2 is 1.84 bits per heavy atom. The third-order valence-corrected chi connectivity index (χ3v) is 4.68. The molecule has 2 heterocycles. The van der Waals surface area contributed by atoms with Gasteiger partial charge in [-0.2, -0.15) is 0 Å². The topological polar surface area (TPSA) is 53.1 Å². The van der Waals surface area contributed by atoms with Crippen LogP contribution in [0.25, 0.3) is 0 Å². The first-order valence-corrected chi connectivity index (χ1v) is 8.84. The fourth-order valence-corrected chi connectivity index (χ4v) is 3.37. The van der Waals surface area contributed by atoms with E-state index in [0.29, 0.717) is 26.3 Å². The van der Waals surface area contributed by atoms with Crippen LogP contribution in [0.15, 0.2) is 36.0 Å². The summed E-state index contributed by atoms with van der Waals surface area (Å²) in [5.41, 5.74) is 2.50. The Hall–Kier alpha value is -2.34. The molecule has 134 valence electrons. The normalized spacial score (nSPS) is 18.2. The van der Waals surface area contributed by atoms with Gasteiger partial charge in [0.25, 0.3) is 5.91 Å². The highest BCUT2D eigenvalue weighted by Gasteiger charge is 2.28. The lowest BCUT2D eigenvalue weighted by Crippen LogP contribution is -2.45. The quantitative estimate of drug-likeness (QED) is 0.839. The summed E-state index contributed by atoms with van der Waals surface area (Å²) in [7, 11) is 0. The number of ether oxygens (including phenoxy) is 1. The number of morpholine rings is 1. The van der Waals surface area contributed by atoms with Crippen molar-refractivity contribution < 1.29 is 14.3 Å². The van der Waals surface area contributed by atoms with Crippen molar-refractivity contribution >= 4 is 23.2 Å². The maximum Gasteiger partial charge on any atom is 0.274 e. The van der Waals surface area contributed by atoms with Crippen molar-refractivity contribution in [3.63, 3.8) is 0 Å². The molecule has 6 nitrogen and oxygen atoms in total. The molecule has 0 radical (unpaired) electrons. The minimum Gasteiger partial charge on any atom is -0.378 e. The fraction of sp³-hybridized carbons (Fsp3) is 0.474. The van der Waals surface area contributed by atoms with Gasteiger partial charge in [0.2, 0.25) is 5.91 Å². The van der Waals surface area contributed by atoms with E-state index in [-0.39, 0.29) is 11.8 Å². The Labute approximate surface area is 148 Å². The van der Waals surface area contributed by atoms with Crippen molar-refractivity contribution in [3.05, 3.63) is 36.0 Å². The van der Waals surface area contributed by atoms with E-state index in [0.717, 1.165) is 36.6 Å². The number of benzene rings is 1. The van der Waals surface area contributed by atoms with Crippen molar-refractivity contribution in [1.82, 2.24) is 4.90 Å². The second-order valence-corrected chi connectivity index (χ2v) is 6.21. The lowest BCUT2D eigenvalue weighted by molar-refractivity contribution is -0.118. The molecule has 1 aromatic rings. The van der Waals surface area contributed by atoms with Gasteiger partial charge in [0.1, 0.15) is 0 Å². The van der Waals surface area contributed by atoms with Crippen molar-refractivity contribution in [1.29, 1.82) is 0 Å². The van der Waals surface area contributed by atoms with Crippen molar-refractivity contribution in [2.75, 3.05) is 49.2 Å². The van der Waals surface area contributed by atoms with Crippen LogP contribution in [-0.4, -0.2) is 56.1 Å². The summed E-state index contributed by atoms with van der Waals surface area (Å²) in [6.45, 7) is 7.66. The molecule has 25 heavy (non-hydrogen) atoms. The first-order chi connectivity index (χ1) is 12.1. The molecule has 1 saturated heterocycles. The number of anilines is 2. The Balaban J connectivity index is 1.76. The Morgan fingerprint density at radius 3 is 2.44 bits per heavy atom. The van der Waals surface area contributed by atoms with Gasteiger partial charge in [0.15, 0.2) is 0 Å². The molecule has 3 rings (SSSR count). The fourth-order valence-electron chi connectivity index (χ4n) is 3.37. The van der Waals surface area contributed by atoms with Crippen LogP contribution in [0.3, 0.4) is 0 Å². The van der Waals surface area contributed by atoms with Crippen LogP contribution in [0.2, 0.25) is 0 Å². The van der Waals surface area contributed by atoms with E-state index in [1.165, 1.54) is 0 Å². The zero-order valence-corrected chi connectivity index (χ0v) is 14.9. The molecule has 0 unspecified atom stereocenters. The first kappa shape index (κ1) is 17.5. The van der Waals surface area contributed by atoms with E-state index < -0.39 is 0 Å². The number of carbonyl (C=O) groups is 2. The molecule has 0 aromatic heterocycles. The van der Waals surface area contributed by atoms with Crippen molar-refractivity contribution in [2.24, 2.45) is 0 Å². The largest absolute Gasteiger partial charge is 0.378 e. The molecule has 0 aliphatic carbocycles. The average molecular weight is 343 g/mol. The molecule has 6 heteroatoms. The molecular weight excluding hydrogens is 318 g/mol. The number of amides is 2. The van der Waals surface area contributed by atoms with Crippen LogP contribution in [0.4, 0.5) is 11.4 Å². The lowest BCUT2D eigenvalue weighted by Gasteiger charge is -2.35. The van der Waals surface area contributed by atoms with Crippen LogP contribution in [0, 0.1) is 0 Å². The first-order valence-electron chi connectivity index (χ1n) is 8.84. The Bertz CT molecular complexity index is 663. The van der Waals surface area contributed by atoms with Crippen LogP contribution in [0.5, 0.6) is 0 Å². The molecule has 0 N–H and O–H groups in total. The zero-order chi connectivity index (χ0) is 17.8. The van der Waals surface area contributed by atoms with Gasteiger partial charge in [-0.3, -0.25) is 9.59 Å². The van der Waals surface area contributed by atoms with Gasteiger partial charge in [-0.25, -0.2) is 0 Å². The minimum absolute atomic E-state index is 0.0156. The third kappa shape index (κ3) is 3.69. The van der Waals surface area contributed by atoms with Gasteiger partial charge in [0, 0.05) is 44.5 Å². The highest BCUT2D eigenvalue weighted by atomic mass is 16.5. The summed E-state index contributed by atoms with van der Waals surface area (Å²) in [5.74, 6) is 0.0571. The molecule has 2 aliphatic rings. The smallest absolute Gasteiger partial charge is 0.274 e. The van der Waals surface area contributed by atoms with Crippen LogP contribution in [0.1, 0.15) is 20.3 Å². The highest BCUT2D eigenvalue weighted by molar-refractivity contribution is 6.06. The van der Waals surface area contributed by atoms with Crippen LogP contribution >= 0.6 is 0 Å². The van der Waals surface area contributed by atoms with Crippen molar-refractivity contribution in [2.45, 2.75) is 20.3 Å². The van der Waals surface area contributed by atoms with E-state index in [2.05, 4.69) is 4.90 Å². The van der Waals surface area contributed by atoms with Gasteiger partial charge in [-0.15, -0.1) is 0 Å². The monoisotopic (exact) mass is 343 g/mol. The molecule has 2 amide bonds. The summed E-state index contributed by atoms with van der Waals surface area (Å²) >= 11 is 0. The summed E-state index contributed by atoms with van der Waals surface area (Å²) in [5, 5.41) is 0. The number of rotatable bonds is 4. The summed E-state index contributed by atoms with van der Waals surface area (Å²) in [6, 6.07) is 7.64. The second-order valence-electron chi connectivity index (χ2n) is 6.21. The summed E-state index contributed by atoms with van der Waals surface area (Å²) in [6.07, 6.45) is 2.88. The summed E-state index contributed by atoms with van der Waals surface area (Å²) in [4.78, 5) is 30.2. The van der Waals surface area contributed by atoms with E-state index in [1.807, 2.05) is 42.2 Å².